The Morgan fingerprint density at radius 1 is 1.00 bits per heavy atom. The highest BCUT2D eigenvalue weighted by Crippen LogP contribution is 2.23. The number of carbonyl (C=O) groups excluding carboxylic acids is 2. The van der Waals surface area contributed by atoms with Crippen LogP contribution in [0, 0.1) is 19.8 Å². The lowest BCUT2D eigenvalue weighted by Crippen LogP contribution is -2.52. The maximum Gasteiger partial charge on any atom is 0.244 e. The number of nitrogens with one attached hydrogen (secondary N) is 1. The highest BCUT2D eigenvalue weighted by atomic mass is 32.2. The quantitative estimate of drug-likeness (QED) is 0.524. The van der Waals surface area contributed by atoms with Crippen LogP contribution in [0.2, 0.25) is 0 Å². The monoisotopic (exact) mass is 487 g/mol. The maximum absolute atomic E-state index is 13.6. The van der Waals surface area contributed by atoms with E-state index in [4.69, 9.17) is 0 Å². The van der Waals surface area contributed by atoms with Crippen molar-refractivity contribution >= 4 is 27.5 Å². The van der Waals surface area contributed by atoms with Crippen molar-refractivity contribution in [1.29, 1.82) is 0 Å². The van der Waals surface area contributed by atoms with Gasteiger partial charge in [0.25, 0.3) is 0 Å². The van der Waals surface area contributed by atoms with E-state index < -0.39 is 22.0 Å². The number of rotatable bonds is 11. The molecule has 0 aliphatic carbocycles. The standard InChI is InChI=1S/C26H37N3O4S/c1-7-23(26(31)27-16-19(2)3)28(17-22-14-12-20(4)13-15-22)25(30)18-29(34(6,32)33)24-11-9-8-10-21(24)5/h8-15,19,23H,7,16-18H2,1-6H3,(H,27,31)/t23-/m1/s1. The van der Waals surface area contributed by atoms with Gasteiger partial charge in [0.1, 0.15) is 12.6 Å². The van der Waals surface area contributed by atoms with Crippen LogP contribution in [0.4, 0.5) is 5.69 Å². The van der Waals surface area contributed by atoms with Gasteiger partial charge in [0.2, 0.25) is 21.8 Å². The minimum absolute atomic E-state index is 0.206. The number of hydrogen-bond donors (Lipinski definition) is 1. The van der Waals surface area contributed by atoms with Gasteiger partial charge in [0.15, 0.2) is 0 Å². The lowest BCUT2D eigenvalue weighted by Gasteiger charge is -2.33. The fraction of sp³-hybridized carbons (Fsp3) is 0.462. The molecule has 2 aromatic carbocycles. The molecule has 0 aromatic heterocycles. The Labute approximate surface area is 204 Å². The Kier molecular flexibility index (Phi) is 9.67. The van der Waals surface area contributed by atoms with Gasteiger partial charge in [-0.3, -0.25) is 13.9 Å². The molecule has 0 aliphatic heterocycles. The van der Waals surface area contributed by atoms with Gasteiger partial charge in [-0.15, -0.1) is 0 Å². The van der Waals surface area contributed by atoms with Gasteiger partial charge in [0, 0.05) is 13.1 Å². The van der Waals surface area contributed by atoms with Crippen molar-refractivity contribution in [2.24, 2.45) is 5.92 Å². The van der Waals surface area contributed by atoms with Gasteiger partial charge in [-0.25, -0.2) is 8.42 Å². The Hall–Kier alpha value is -2.87. The Bertz CT molecular complexity index is 1080. The zero-order valence-electron chi connectivity index (χ0n) is 21.0. The van der Waals surface area contributed by atoms with E-state index in [1.807, 2.05) is 58.0 Å². The maximum atomic E-state index is 13.6. The predicted octanol–water partition coefficient (Wildman–Crippen LogP) is 3.65. The average molecular weight is 488 g/mol. The largest absolute Gasteiger partial charge is 0.354 e. The second-order valence-corrected chi connectivity index (χ2v) is 11.0. The minimum atomic E-state index is -3.74. The van der Waals surface area contributed by atoms with Crippen molar-refractivity contribution in [3.63, 3.8) is 0 Å². The summed E-state index contributed by atoms with van der Waals surface area (Å²) >= 11 is 0. The third-order valence-corrected chi connectivity index (χ3v) is 6.73. The third kappa shape index (κ3) is 7.58. The van der Waals surface area contributed by atoms with Crippen LogP contribution in [-0.4, -0.2) is 50.5 Å². The second-order valence-electron chi connectivity index (χ2n) is 9.13. The number of hydrogen-bond acceptors (Lipinski definition) is 4. The first-order chi connectivity index (χ1) is 15.9. The van der Waals surface area contributed by atoms with Crippen molar-refractivity contribution < 1.29 is 18.0 Å². The average Bonchev–Trinajstić information content (AvgIpc) is 2.77. The van der Waals surface area contributed by atoms with Crippen LogP contribution in [0.5, 0.6) is 0 Å². The van der Waals surface area contributed by atoms with Gasteiger partial charge in [-0.1, -0.05) is 68.8 Å². The molecule has 2 amide bonds. The van der Waals surface area contributed by atoms with E-state index in [1.54, 1.807) is 25.1 Å². The van der Waals surface area contributed by atoms with Crippen molar-refractivity contribution in [2.75, 3.05) is 23.7 Å². The van der Waals surface area contributed by atoms with E-state index in [1.165, 1.54) is 4.90 Å². The smallest absolute Gasteiger partial charge is 0.244 e. The van der Waals surface area contributed by atoms with Gasteiger partial charge < -0.3 is 10.2 Å². The van der Waals surface area contributed by atoms with Crippen LogP contribution in [0.1, 0.15) is 43.9 Å². The van der Waals surface area contributed by atoms with Crippen molar-refractivity contribution in [1.82, 2.24) is 10.2 Å². The van der Waals surface area contributed by atoms with Crippen LogP contribution < -0.4 is 9.62 Å². The highest BCUT2D eigenvalue weighted by molar-refractivity contribution is 7.92. The summed E-state index contributed by atoms with van der Waals surface area (Å²) in [5.74, 6) is -0.399. The fourth-order valence-corrected chi connectivity index (χ4v) is 4.58. The highest BCUT2D eigenvalue weighted by Gasteiger charge is 2.32. The number of carbonyl (C=O) groups is 2. The molecule has 0 aliphatic rings. The summed E-state index contributed by atoms with van der Waals surface area (Å²) in [6.45, 7) is 9.96. The van der Waals surface area contributed by atoms with Crippen LogP contribution in [0.3, 0.4) is 0 Å². The molecule has 1 N–H and O–H groups in total. The molecular weight excluding hydrogens is 450 g/mol. The molecular formula is C26H37N3O4S. The first-order valence-electron chi connectivity index (χ1n) is 11.6. The first kappa shape index (κ1) is 27.4. The molecule has 0 bridgehead atoms. The van der Waals surface area contributed by atoms with Crippen LogP contribution in [0.25, 0.3) is 0 Å². The molecule has 2 aromatic rings. The lowest BCUT2D eigenvalue weighted by atomic mass is 10.1. The zero-order valence-corrected chi connectivity index (χ0v) is 21.9. The van der Waals surface area contributed by atoms with Gasteiger partial charge in [-0.2, -0.15) is 0 Å². The number of para-hydroxylation sites is 1. The van der Waals surface area contributed by atoms with E-state index in [9.17, 15) is 18.0 Å². The molecule has 8 heteroatoms. The molecule has 0 saturated carbocycles. The normalized spacial score (nSPS) is 12.3. The summed E-state index contributed by atoms with van der Waals surface area (Å²) < 4.78 is 26.4. The third-order valence-electron chi connectivity index (χ3n) is 5.61. The van der Waals surface area contributed by atoms with Crippen molar-refractivity contribution in [2.45, 2.75) is 53.6 Å². The molecule has 186 valence electrons. The molecule has 0 saturated heterocycles. The summed E-state index contributed by atoms with van der Waals surface area (Å²) in [6, 6.07) is 14.1. The number of benzene rings is 2. The second kappa shape index (κ2) is 12.0. The SMILES string of the molecule is CC[C@H](C(=O)NCC(C)C)N(Cc1ccc(C)cc1)C(=O)CN(c1ccccc1C)S(C)(=O)=O. The number of anilines is 1. The molecule has 7 nitrogen and oxygen atoms in total. The van der Waals surface area contributed by atoms with E-state index >= 15 is 0 Å². The van der Waals surface area contributed by atoms with Gasteiger partial charge in [0.05, 0.1) is 11.9 Å². The predicted molar refractivity (Wildman–Crippen MR) is 137 cm³/mol. The molecule has 1 atom stereocenters. The number of aryl methyl sites for hydroxylation is 2. The summed E-state index contributed by atoms with van der Waals surface area (Å²) in [6.07, 6.45) is 1.49. The molecule has 0 spiro atoms. The van der Waals surface area contributed by atoms with E-state index in [2.05, 4.69) is 5.32 Å². The molecule has 0 unspecified atom stereocenters. The Morgan fingerprint density at radius 3 is 2.15 bits per heavy atom. The molecule has 2 rings (SSSR count). The van der Waals surface area contributed by atoms with Crippen LogP contribution in [0.15, 0.2) is 48.5 Å². The van der Waals surface area contributed by atoms with Crippen molar-refractivity contribution in [3.8, 4) is 0 Å². The Morgan fingerprint density at radius 2 is 1.62 bits per heavy atom. The topological polar surface area (TPSA) is 86.8 Å². The van der Waals surface area contributed by atoms with E-state index in [0.29, 0.717) is 18.7 Å². The number of amides is 2. The summed E-state index contributed by atoms with van der Waals surface area (Å²) in [5, 5.41) is 2.92. The van der Waals surface area contributed by atoms with Crippen LogP contribution in [-0.2, 0) is 26.2 Å². The number of sulfonamides is 1. The first-order valence-corrected chi connectivity index (χ1v) is 13.4. The van der Waals surface area contributed by atoms with Gasteiger partial charge in [-0.05, 0) is 43.4 Å². The van der Waals surface area contributed by atoms with E-state index in [-0.39, 0.29) is 24.9 Å². The summed E-state index contributed by atoms with van der Waals surface area (Å²) in [5.41, 5.74) is 3.15. The van der Waals surface area contributed by atoms with Crippen LogP contribution >= 0.6 is 0 Å². The summed E-state index contributed by atoms with van der Waals surface area (Å²) in [4.78, 5) is 28.2. The fourth-order valence-electron chi connectivity index (χ4n) is 3.67. The van der Waals surface area contributed by atoms with E-state index in [0.717, 1.165) is 27.3 Å². The zero-order chi connectivity index (χ0) is 25.5. The molecule has 34 heavy (non-hydrogen) atoms. The minimum Gasteiger partial charge on any atom is -0.354 e. The Balaban J connectivity index is 2.42. The molecule has 0 radical (unpaired) electrons. The lowest BCUT2D eigenvalue weighted by molar-refractivity contribution is -0.140. The number of nitrogens with zero attached hydrogens (tertiary/aromatic N) is 2. The molecule has 0 fully saturated rings. The van der Waals surface area contributed by atoms with Crippen molar-refractivity contribution in [3.05, 3.63) is 65.2 Å². The molecule has 0 heterocycles. The van der Waals surface area contributed by atoms with Gasteiger partial charge >= 0.3 is 0 Å². The summed E-state index contributed by atoms with van der Waals surface area (Å²) in [7, 11) is -3.74.